The average Bonchev–Trinajstić information content (AvgIpc) is 3.09. The molecule has 0 amide bonds. The number of hydrogen-bond donors (Lipinski definition) is 1. The maximum absolute atomic E-state index is 6.22. The van der Waals surface area contributed by atoms with Crippen LogP contribution in [-0.4, -0.2) is 11.8 Å². The van der Waals surface area contributed by atoms with Gasteiger partial charge in [-0.15, -0.1) is 11.3 Å². The van der Waals surface area contributed by atoms with Gasteiger partial charge in [0.15, 0.2) is 0 Å². The summed E-state index contributed by atoms with van der Waals surface area (Å²) >= 11 is 8.19. The SMILES string of the molecule is CC1=C(C)C(S(C)(NC(C)(C)C)c2ccc(Cl)cc2)c2sc3ccccc3c21. The molecule has 1 heterocycles. The van der Waals surface area contributed by atoms with Gasteiger partial charge in [0.2, 0.25) is 0 Å². The maximum atomic E-state index is 6.22. The van der Waals surface area contributed by atoms with Gasteiger partial charge in [-0.05, 0) is 76.8 Å². The normalized spacial score (nSPS) is 20.3. The Balaban J connectivity index is 1.96. The standard InChI is InChI=1S/C24H28ClNS2/c1-15-16(2)23(22-21(15)19-9-7-8-10-20(19)27-22)28(6,26-24(3,4)5)18-13-11-17(25)12-14-18/h7-14,23,26H,1-6H3. The zero-order valence-corrected chi connectivity index (χ0v) is 19.8. The number of hydrogen-bond acceptors (Lipinski definition) is 2. The molecule has 4 rings (SSSR count). The van der Waals surface area contributed by atoms with E-state index in [1.54, 1.807) is 0 Å². The molecule has 0 aliphatic heterocycles. The zero-order chi connectivity index (χ0) is 20.3. The van der Waals surface area contributed by atoms with E-state index in [4.69, 9.17) is 11.6 Å². The number of nitrogens with one attached hydrogen (secondary N) is 1. The van der Waals surface area contributed by atoms with Crippen molar-refractivity contribution in [1.82, 2.24) is 4.72 Å². The van der Waals surface area contributed by atoms with Crippen LogP contribution in [0.5, 0.6) is 0 Å². The Bertz CT molecular complexity index is 1070. The third-order valence-corrected chi connectivity index (χ3v) is 11.0. The Morgan fingerprint density at radius 3 is 2.29 bits per heavy atom. The number of benzene rings is 2. The molecule has 2 atom stereocenters. The van der Waals surface area contributed by atoms with Crippen molar-refractivity contribution in [2.75, 3.05) is 6.26 Å². The molecule has 2 aromatic carbocycles. The van der Waals surface area contributed by atoms with Crippen LogP contribution >= 0.6 is 33.2 Å². The predicted octanol–water partition coefficient (Wildman–Crippen LogP) is 8.20. The fraction of sp³-hybridized carbons (Fsp3) is 0.333. The molecule has 1 aliphatic rings. The summed E-state index contributed by atoms with van der Waals surface area (Å²) in [6, 6.07) is 17.3. The molecule has 3 aromatic rings. The second-order valence-electron chi connectivity index (χ2n) is 8.81. The first-order valence-corrected chi connectivity index (χ1v) is 12.9. The molecule has 2 unspecified atom stereocenters. The second-order valence-corrected chi connectivity index (χ2v) is 13.4. The molecular weight excluding hydrogens is 402 g/mol. The minimum Gasteiger partial charge on any atom is -0.271 e. The second kappa shape index (κ2) is 6.91. The van der Waals surface area contributed by atoms with E-state index in [0.717, 1.165) is 5.02 Å². The number of thiophene rings is 1. The minimum absolute atomic E-state index is 0.0112. The van der Waals surface area contributed by atoms with Crippen molar-refractivity contribution in [3.8, 4) is 0 Å². The maximum Gasteiger partial charge on any atom is 0.0605 e. The lowest BCUT2D eigenvalue weighted by Crippen LogP contribution is -2.39. The molecule has 0 bridgehead atoms. The third-order valence-electron chi connectivity index (χ3n) is 5.51. The van der Waals surface area contributed by atoms with Crippen molar-refractivity contribution < 1.29 is 0 Å². The highest BCUT2D eigenvalue weighted by Gasteiger charge is 2.42. The molecule has 1 nitrogen and oxygen atoms in total. The largest absolute Gasteiger partial charge is 0.271 e. The molecule has 28 heavy (non-hydrogen) atoms. The fourth-order valence-electron chi connectivity index (χ4n) is 4.40. The molecule has 1 aromatic heterocycles. The van der Waals surface area contributed by atoms with Crippen molar-refractivity contribution in [2.24, 2.45) is 0 Å². The lowest BCUT2D eigenvalue weighted by Gasteiger charge is -2.48. The summed E-state index contributed by atoms with van der Waals surface area (Å²) in [6.07, 6.45) is 2.43. The molecule has 148 valence electrons. The van der Waals surface area contributed by atoms with Crippen LogP contribution in [0.3, 0.4) is 0 Å². The van der Waals surface area contributed by atoms with Gasteiger partial charge in [-0.2, -0.15) is 10.2 Å². The quantitative estimate of drug-likeness (QED) is 0.442. The molecule has 0 saturated carbocycles. The molecular formula is C24H28ClNS2. The molecule has 1 N–H and O–H groups in total. The summed E-state index contributed by atoms with van der Waals surface area (Å²) in [5, 5.41) is 2.56. The van der Waals surface area contributed by atoms with Gasteiger partial charge in [-0.3, -0.25) is 4.72 Å². The molecule has 0 spiro atoms. The zero-order valence-electron chi connectivity index (χ0n) is 17.4. The number of halogens is 1. The van der Waals surface area contributed by atoms with Crippen molar-refractivity contribution in [2.45, 2.75) is 50.3 Å². The van der Waals surface area contributed by atoms with E-state index in [-0.39, 0.29) is 5.54 Å². The number of fused-ring (bicyclic) bond motifs is 3. The number of allylic oxidation sites excluding steroid dienone is 1. The Hall–Kier alpha value is -1.26. The van der Waals surface area contributed by atoms with Crippen LogP contribution in [0.1, 0.15) is 50.3 Å². The first-order chi connectivity index (χ1) is 13.1. The van der Waals surface area contributed by atoms with Gasteiger partial charge in [0, 0.05) is 36.0 Å². The van der Waals surface area contributed by atoms with E-state index in [9.17, 15) is 0 Å². The van der Waals surface area contributed by atoms with Crippen molar-refractivity contribution in [3.63, 3.8) is 0 Å². The van der Waals surface area contributed by atoms with E-state index >= 15 is 0 Å². The highest BCUT2D eigenvalue weighted by molar-refractivity contribution is 8.32. The summed E-state index contributed by atoms with van der Waals surface area (Å²) in [5.74, 6) is 0. The van der Waals surface area contributed by atoms with Crippen molar-refractivity contribution in [1.29, 1.82) is 0 Å². The third kappa shape index (κ3) is 3.23. The van der Waals surface area contributed by atoms with Gasteiger partial charge in [0.1, 0.15) is 0 Å². The Morgan fingerprint density at radius 2 is 1.64 bits per heavy atom. The van der Waals surface area contributed by atoms with Crippen LogP contribution < -0.4 is 4.72 Å². The molecule has 0 saturated heterocycles. The minimum atomic E-state index is -1.37. The van der Waals surface area contributed by atoms with Crippen molar-refractivity contribution in [3.05, 3.63) is 69.6 Å². The molecule has 1 aliphatic carbocycles. The first-order valence-electron chi connectivity index (χ1n) is 9.63. The van der Waals surface area contributed by atoms with Crippen LogP contribution in [0.2, 0.25) is 5.02 Å². The van der Waals surface area contributed by atoms with Gasteiger partial charge < -0.3 is 0 Å². The summed E-state index contributed by atoms with van der Waals surface area (Å²) < 4.78 is 5.45. The first kappa shape index (κ1) is 20.0. The van der Waals surface area contributed by atoms with Crippen LogP contribution in [-0.2, 0) is 0 Å². The van der Waals surface area contributed by atoms with Gasteiger partial charge in [-0.1, -0.05) is 35.4 Å². The van der Waals surface area contributed by atoms with Crippen LogP contribution in [0.25, 0.3) is 15.7 Å². The fourth-order valence-corrected chi connectivity index (χ4v) is 10.5. The molecule has 0 fully saturated rings. The van der Waals surface area contributed by atoms with Crippen molar-refractivity contribution >= 4 is 48.8 Å². The Labute approximate surface area is 179 Å². The van der Waals surface area contributed by atoms with E-state index < -0.39 is 10.2 Å². The molecule has 0 radical (unpaired) electrons. The van der Waals surface area contributed by atoms with E-state index in [1.807, 2.05) is 23.5 Å². The van der Waals surface area contributed by atoms with E-state index in [1.165, 1.54) is 36.6 Å². The van der Waals surface area contributed by atoms with E-state index in [0.29, 0.717) is 5.25 Å². The summed E-state index contributed by atoms with van der Waals surface area (Å²) in [7, 11) is -1.37. The lowest BCUT2D eigenvalue weighted by molar-refractivity contribution is 0.528. The highest BCUT2D eigenvalue weighted by Crippen LogP contribution is 2.69. The summed E-state index contributed by atoms with van der Waals surface area (Å²) in [5.41, 5.74) is 4.42. The topological polar surface area (TPSA) is 12.0 Å². The summed E-state index contributed by atoms with van der Waals surface area (Å²) in [4.78, 5) is 2.87. The van der Waals surface area contributed by atoms with Gasteiger partial charge in [0.05, 0.1) is 5.25 Å². The van der Waals surface area contributed by atoms with Gasteiger partial charge in [0.25, 0.3) is 0 Å². The predicted molar refractivity (Wildman–Crippen MR) is 129 cm³/mol. The smallest absolute Gasteiger partial charge is 0.0605 e. The highest BCUT2D eigenvalue weighted by atomic mass is 35.5. The average molecular weight is 430 g/mol. The molecule has 4 heteroatoms. The van der Waals surface area contributed by atoms with Crippen LogP contribution in [0.15, 0.2) is 59.0 Å². The van der Waals surface area contributed by atoms with E-state index in [2.05, 4.69) is 82.0 Å². The lowest BCUT2D eigenvalue weighted by atomic mass is 10.1. The monoisotopic (exact) mass is 429 g/mol. The Kier molecular flexibility index (Phi) is 4.95. The van der Waals surface area contributed by atoms with Gasteiger partial charge >= 0.3 is 0 Å². The summed E-state index contributed by atoms with van der Waals surface area (Å²) in [6.45, 7) is 11.4. The van der Waals surface area contributed by atoms with Gasteiger partial charge in [-0.25, -0.2) is 0 Å². The Morgan fingerprint density at radius 1 is 1.00 bits per heavy atom. The van der Waals surface area contributed by atoms with Crippen LogP contribution in [0.4, 0.5) is 0 Å². The van der Waals surface area contributed by atoms with Crippen LogP contribution in [0, 0.1) is 0 Å². The number of rotatable bonds is 3.